The van der Waals surface area contributed by atoms with Crippen molar-refractivity contribution in [3.63, 3.8) is 0 Å². The van der Waals surface area contributed by atoms with Gasteiger partial charge in [0.05, 0.1) is 11.4 Å². The summed E-state index contributed by atoms with van der Waals surface area (Å²) in [6.07, 6.45) is 3.90. The van der Waals surface area contributed by atoms with Crippen molar-refractivity contribution in [2.75, 3.05) is 5.43 Å². The van der Waals surface area contributed by atoms with E-state index in [-0.39, 0.29) is 0 Å². The van der Waals surface area contributed by atoms with Crippen molar-refractivity contribution in [3.8, 4) is 56.4 Å². The fraction of sp³-hybridized carbons (Fsp3) is 0. The number of hydrazone groups is 1. The van der Waals surface area contributed by atoms with Crippen LogP contribution < -0.4 is 5.43 Å². The Hall–Kier alpha value is -8.29. The first-order chi connectivity index (χ1) is 29.6. The molecule has 7 heteroatoms. The number of aromatic nitrogens is 3. The van der Waals surface area contributed by atoms with Gasteiger partial charge in [-0.3, -0.25) is 10.8 Å². The van der Waals surface area contributed by atoms with Gasteiger partial charge in [0.15, 0.2) is 17.5 Å². The maximum absolute atomic E-state index is 9.30. The Kier molecular flexibility index (Phi) is 8.48. The van der Waals surface area contributed by atoms with E-state index in [0.717, 1.165) is 88.5 Å². The molecule has 8 aromatic carbocycles. The molecule has 1 aliphatic rings. The summed E-state index contributed by atoms with van der Waals surface area (Å²) in [4.78, 5) is 15.3. The van der Waals surface area contributed by atoms with Gasteiger partial charge >= 0.3 is 0 Å². The van der Waals surface area contributed by atoms with Crippen LogP contribution in [0.1, 0.15) is 11.1 Å². The second kappa shape index (κ2) is 14.6. The van der Waals surface area contributed by atoms with Gasteiger partial charge in [0.2, 0.25) is 0 Å². The summed E-state index contributed by atoms with van der Waals surface area (Å²) in [5.41, 5.74) is 15.3. The van der Waals surface area contributed by atoms with E-state index in [0.29, 0.717) is 28.9 Å². The number of nitrogens with one attached hydrogen (secondary N) is 2. The summed E-state index contributed by atoms with van der Waals surface area (Å²) in [6, 6.07) is 61.6. The average Bonchev–Trinajstić information content (AvgIpc) is 3.69. The molecule has 7 nitrogen and oxygen atoms in total. The molecular weight excluding hydrogens is 737 g/mol. The van der Waals surface area contributed by atoms with Crippen LogP contribution in [0.4, 0.5) is 5.69 Å². The van der Waals surface area contributed by atoms with Crippen molar-refractivity contribution >= 4 is 55.9 Å². The SMILES string of the molecule is N=C1/C(=N\Nc2ccccc2)C=Cc2ccc3ccc(-c4nc(-c5ccc(-c6ccccc6)cc5)nc(-c5ccc(-c6ccc7c(c6)oc6ccccc67)cc5)n4)cc3c21. The number of nitrogens with zero attached hydrogens (tertiary/aromatic N) is 4. The minimum Gasteiger partial charge on any atom is -0.456 e. The number of allylic oxidation sites excluding steroid dienone is 1. The van der Waals surface area contributed by atoms with Crippen molar-refractivity contribution in [2.24, 2.45) is 5.10 Å². The Morgan fingerprint density at radius 1 is 0.433 bits per heavy atom. The van der Waals surface area contributed by atoms with Crippen molar-refractivity contribution in [1.29, 1.82) is 5.41 Å². The zero-order chi connectivity index (χ0) is 40.0. The number of rotatable bonds is 7. The van der Waals surface area contributed by atoms with Gasteiger partial charge in [-0.1, -0.05) is 152 Å². The van der Waals surface area contributed by atoms with Crippen LogP contribution in [0, 0.1) is 5.41 Å². The van der Waals surface area contributed by atoms with Crippen molar-refractivity contribution in [3.05, 3.63) is 199 Å². The number of benzene rings is 8. The monoisotopic (exact) mass is 770 g/mol. The average molecular weight is 771 g/mol. The largest absolute Gasteiger partial charge is 0.456 e. The summed E-state index contributed by atoms with van der Waals surface area (Å²) in [7, 11) is 0. The molecule has 0 radical (unpaired) electrons. The lowest BCUT2D eigenvalue weighted by Gasteiger charge is -2.17. The predicted octanol–water partition coefficient (Wildman–Crippen LogP) is 13.1. The Labute approximate surface area is 345 Å². The highest BCUT2D eigenvalue weighted by molar-refractivity contribution is 6.55. The molecule has 282 valence electrons. The van der Waals surface area contributed by atoms with Crippen LogP contribution in [-0.2, 0) is 0 Å². The van der Waals surface area contributed by atoms with Gasteiger partial charge in [0.25, 0.3) is 0 Å². The van der Waals surface area contributed by atoms with E-state index in [9.17, 15) is 5.41 Å². The highest BCUT2D eigenvalue weighted by Crippen LogP contribution is 2.35. The molecule has 0 saturated carbocycles. The van der Waals surface area contributed by atoms with E-state index >= 15 is 0 Å². The third-order valence-corrected chi connectivity index (χ3v) is 11.1. The van der Waals surface area contributed by atoms with Crippen LogP contribution in [0.25, 0.3) is 95.2 Å². The summed E-state index contributed by atoms with van der Waals surface area (Å²) in [5, 5.41) is 18.0. The Morgan fingerprint density at radius 3 is 1.72 bits per heavy atom. The van der Waals surface area contributed by atoms with E-state index in [1.165, 1.54) is 0 Å². The normalized spacial score (nSPS) is 13.0. The molecule has 0 aliphatic heterocycles. The second-order valence-electron chi connectivity index (χ2n) is 14.8. The summed E-state index contributed by atoms with van der Waals surface area (Å²) < 4.78 is 6.20. The van der Waals surface area contributed by atoms with Gasteiger partial charge in [-0.2, -0.15) is 5.10 Å². The van der Waals surface area contributed by atoms with Crippen LogP contribution in [0.5, 0.6) is 0 Å². The predicted molar refractivity (Wildman–Crippen MR) is 245 cm³/mol. The number of hydrogen-bond acceptors (Lipinski definition) is 7. The Morgan fingerprint density at radius 2 is 0.983 bits per heavy atom. The molecule has 0 bridgehead atoms. The molecule has 0 amide bonds. The van der Waals surface area contributed by atoms with Crippen LogP contribution in [-0.4, -0.2) is 26.4 Å². The highest BCUT2D eigenvalue weighted by atomic mass is 16.3. The minimum absolute atomic E-state index is 0.341. The molecular formula is C53H34N6O. The summed E-state index contributed by atoms with van der Waals surface area (Å²) in [5.74, 6) is 1.67. The van der Waals surface area contributed by atoms with Gasteiger partial charge in [-0.25, -0.2) is 15.0 Å². The topological polar surface area (TPSA) is 100 Å². The number of furan rings is 1. The van der Waals surface area contributed by atoms with Crippen molar-refractivity contribution in [1.82, 2.24) is 15.0 Å². The zero-order valence-corrected chi connectivity index (χ0v) is 32.2. The molecule has 0 saturated heterocycles. The lowest BCUT2D eigenvalue weighted by atomic mass is 9.88. The van der Waals surface area contributed by atoms with E-state index in [1.807, 2.05) is 84.9 Å². The van der Waals surface area contributed by atoms with E-state index in [1.54, 1.807) is 0 Å². The van der Waals surface area contributed by atoms with Crippen LogP contribution in [0.15, 0.2) is 198 Å². The summed E-state index contributed by atoms with van der Waals surface area (Å²) >= 11 is 0. The summed E-state index contributed by atoms with van der Waals surface area (Å²) in [6.45, 7) is 0. The smallest absolute Gasteiger partial charge is 0.164 e. The minimum atomic E-state index is 0.341. The molecule has 1 aliphatic carbocycles. The van der Waals surface area contributed by atoms with Crippen molar-refractivity contribution in [2.45, 2.75) is 0 Å². The lowest BCUT2D eigenvalue weighted by Crippen LogP contribution is -2.18. The molecule has 0 spiro atoms. The number of fused-ring (bicyclic) bond motifs is 6. The van der Waals surface area contributed by atoms with Crippen LogP contribution >= 0.6 is 0 Å². The molecule has 2 N–H and O–H groups in total. The second-order valence-corrected chi connectivity index (χ2v) is 14.8. The van der Waals surface area contributed by atoms with Gasteiger partial charge in [0.1, 0.15) is 16.9 Å². The Bertz CT molecular complexity index is 3330. The number of para-hydroxylation sites is 2. The van der Waals surface area contributed by atoms with Crippen LogP contribution in [0.3, 0.4) is 0 Å². The molecule has 11 rings (SSSR count). The van der Waals surface area contributed by atoms with Gasteiger partial charge < -0.3 is 4.42 Å². The van der Waals surface area contributed by atoms with Crippen molar-refractivity contribution < 1.29 is 4.42 Å². The maximum atomic E-state index is 9.30. The zero-order valence-electron chi connectivity index (χ0n) is 32.2. The fourth-order valence-electron chi connectivity index (χ4n) is 7.93. The lowest BCUT2D eigenvalue weighted by molar-refractivity contribution is 0.669. The molecule has 2 heterocycles. The van der Waals surface area contributed by atoms with Gasteiger partial charge in [-0.05, 0) is 81.1 Å². The highest BCUT2D eigenvalue weighted by Gasteiger charge is 2.21. The molecule has 0 atom stereocenters. The molecule has 60 heavy (non-hydrogen) atoms. The fourth-order valence-corrected chi connectivity index (χ4v) is 7.93. The molecule has 10 aromatic rings. The van der Waals surface area contributed by atoms with E-state index in [2.05, 4.69) is 120 Å². The first-order valence-corrected chi connectivity index (χ1v) is 19.8. The third-order valence-electron chi connectivity index (χ3n) is 11.1. The molecule has 0 unspecified atom stereocenters. The molecule has 2 aromatic heterocycles. The van der Waals surface area contributed by atoms with Crippen LogP contribution in [0.2, 0.25) is 0 Å². The van der Waals surface area contributed by atoms with Gasteiger partial charge in [-0.15, -0.1) is 0 Å². The van der Waals surface area contributed by atoms with Gasteiger partial charge in [0, 0.05) is 33.0 Å². The Balaban J connectivity index is 0.992. The third kappa shape index (κ3) is 6.40. The first-order valence-electron chi connectivity index (χ1n) is 19.8. The van der Waals surface area contributed by atoms with E-state index < -0.39 is 0 Å². The number of hydrogen-bond donors (Lipinski definition) is 2. The van der Waals surface area contributed by atoms with E-state index in [4.69, 9.17) is 19.4 Å². The molecule has 0 fully saturated rings. The first kappa shape index (κ1) is 34.9. The quantitative estimate of drug-likeness (QED) is 0.157. The maximum Gasteiger partial charge on any atom is 0.164 e. The number of anilines is 1. The standard InChI is InChI=1S/C53H34N6O/c54-50-46(59-58-42-11-5-2-6-12-42)30-28-37-21-19-36-20-26-41(31-45(36)49(37)50)53-56-51(38-22-15-34(16-23-38)33-9-3-1-4-10-33)55-52(57-53)39-24-17-35(18-25-39)40-27-29-44-43-13-7-8-14-47(43)60-48(44)32-40/h1-32,54,58H/b54-50?,59-46-.